The van der Waals surface area contributed by atoms with Gasteiger partial charge >= 0.3 is 5.97 Å². The molecular formula is C12H16ClN3O3. The number of nitrogen functional groups attached to an aromatic ring is 1. The van der Waals surface area contributed by atoms with E-state index in [0.29, 0.717) is 0 Å². The van der Waals surface area contributed by atoms with Crippen LogP contribution in [0.15, 0.2) is 12.3 Å². The van der Waals surface area contributed by atoms with Crippen LogP contribution in [0.3, 0.4) is 0 Å². The second kappa shape index (κ2) is 6.38. The molecule has 0 aromatic carbocycles. The third-order valence-corrected chi connectivity index (χ3v) is 2.84. The molecule has 1 aromatic heterocycles. The van der Waals surface area contributed by atoms with Gasteiger partial charge in [0.25, 0.3) is 5.91 Å². The van der Waals surface area contributed by atoms with E-state index in [1.165, 1.54) is 24.3 Å². The number of nitrogens with zero attached hydrogens (tertiary/aromatic N) is 2. The van der Waals surface area contributed by atoms with Crippen molar-refractivity contribution in [2.24, 2.45) is 5.92 Å². The number of carbonyl (C=O) groups is 2. The lowest BCUT2D eigenvalue weighted by Gasteiger charge is -2.21. The molecule has 0 aliphatic carbocycles. The molecule has 6 nitrogen and oxygen atoms in total. The van der Waals surface area contributed by atoms with E-state index in [1.54, 1.807) is 14.0 Å². The number of amides is 1. The first-order valence-electron chi connectivity index (χ1n) is 5.61. The molecule has 1 atom stereocenters. The van der Waals surface area contributed by atoms with Crippen LogP contribution >= 0.6 is 11.6 Å². The molecule has 0 aliphatic rings. The van der Waals surface area contributed by atoms with Crippen molar-refractivity contribution in [3.8, 4) is 0 Å². The van der Waals surface area contributed by atoms with Crippen molar-refractivity contribution in [1.29, 1.82) is 0 Å². The zero-order valence-corrected chi connectivity index (χ0v) is 11.8. The van der Waals surface area contributed by atoms with Crippen molar-refractivity contribution in [2.75, 3.05) is 26.4 Å². The molecule has 0 radical (unpaired) electrons. The van der Waals surface area contributed by atoms with Crippen LogP contribution < -0.4 is 5.73 Å². The number of hydrogen-bond acceptors (Lipinski definition) is 5. The Labute approximate surface area is 116 Å². The molecule has 0 bridgehead atoms. The molecule has 104 valence electrons. The van der Waals surface area contributed by atoms with Gasteiger partial charge < -0.3 is 15.4 Å². The lowest BCUT2D eigenvalue weighted by atomic mass is 10.1. The van der Waals surface area contributed by atoms with Gasteiger partial charge in [0.1, 0.15) is 5.15 Å². The highest BCUT2D eigenvalue weighted by atomic mass is 35.5. The second-order valence-electron chi connectivity index (χ2n) is 4.20. The summed E-state index contributed by atoms with van der Waals surface area (Å²) >= 11 is 5.73. The molecule has 1 unspecified atom stereocenters. The van der Waals surface area contributed by atoms with E-state index in [1.807, 2.05) is 0 Å². The molecule has 1 heterocycles. The topological polar surface area (TPSA) is 85.5 Å². The minimum absolute atomic E-state index is 0.187. The van der Waals surface area contributed by atoms with Gasteiger partial charge in [0, 0.05) is 13.6 Å². The number of hydrogen-bond donors (Lipinski definition) is 1. The summed E-state index contributed by atoms with van der Waals surface area (Å²) in [5.41, 5.74) is 6.19. The summed E-state index contributed by atoms with van der Waals surface area (Å²) < 4.78 is 4.61. The number of ether oxygens (including phenoxy) is 1. The second-order valence-corrected chi connectivity index (χ2v) is 4.59. The largest absolute Gasteiger partial charge is 0.469 e. The van der Waals surface area contributed by atoms with Crippen molar-refractivity contribution in [2.45, 2.75) is 6.92 Å². The van der Waals surface area contributed by atoms with E-state index in [2.05, 4.69) is 9.72 Å². The SMILES string of the molecule is COC(=O)C(C)CN(C)C(=O)c1cc(Cl)ncc1N. The van der Waals surface area contributed by atoms with Gasteiger partial charge in [-0.2, -0.15) is 0 Å². The molecule has 1 amide bonds. The number of nitrogens with two attached hydrogens (primary N) is 1. The predicted octanol–water partition coefficient (Wildman–Crippen LogP) is 1.20. The lowest BCUT2D eigenvalue weighted by Crippen LogP contribution is -2.34. The maximum atomic E-state index is 12.2. The molecule has 0 spiro atoms. The van der Waals surface area contributed by atoms with E-state index < -0.39 is 5.92 Å². The predicted molar refractivity (Wildman–Crippen MR) is 71.8 cm³/mol. The molecule has 0 saturated carbocycles. The summed E-state index contributed by atoms with van der Waals surface area (Å²) in [4.78, 5) is 28.7. The maximum absolute atomic E-state index is 12.2. The van der Waals surface area contributed by atoms with Crippen molar-refractivity contribution >= 4 is 29.2 Å². The fraction of sp³-hybridized carbons (Fsp3) is 0.417. The van der Waals surface area contributed by atoms with Crippen LogP contribution in [0.4, 0.5) is 5.69 Å². The first-order valence-corrected chi connectivity index (χ1v) is 5.99. The quantitative estimate of drug-likeness (QED) is 0.663. The Morgan fingerprint density at radius 2 is 2.21 bits per heavy atom. The third kappa shape index (κ3) is 3.82. The van der Waals surface area contributed by atoms with Gasteiger partial charge in [-0.25, -0.2) is 4.98 Å². The Hall–Kier alpha value is -1.82. The number of carbonyl (C=O) groups excluding carboxylic acids is 2. The molecule has 0 saturated heterocycles. The highest BCUT2D eigenvalue weighted by Crippen LogP contribution is 2.17. The molecule has 2 N–H and O–H groups in total. The first kappa shape index (κ1) is 15.2. The van der Waals surface area contributed by atoms with Crippen LogP contribution in [0.1, 0.15) is 17.3 Å². The minimum Gasteiger partial charge on any atom is -0.469 e. The Morgan fingerprint density at radius 3 is 2.79 bits per heavy atom. The van der Waals surface area contributed by atoms with Crippen molar-refractivity contribution < 1.29 is 14.3 Å². The summed E-state index contributed by atoms with van der Waals surface area (Å²) in [6.45, 7) is 1.91. The van der Waals surface area contributed by atoms with Crippen LogP contribution in [0, 0.1) is 5.92 Å². The average Bonchev–Trinajstić information content (AvgIpc) is 2.39. The van der Waals surface area contributed by atoms with E-state index in [9.17, 15) is 9.59 Å². The standard InChI is InChI=1S/C12H16ClN3O3/c1-7(12(18)19-3)6-16(2)11(17)8-4-10(13)15-5-9(8)14/h4-5,7H,6,14H2,1-3H3. The fourth-order valence-electron chi connectivity index (χ4n) is 1.60. The van der Waals surface area contributed by atoms with Crippen LogP contribution in [0.5, 0.6) is 0 Å². The smallest absolute Gasteiger partial charge is 0.310 e. The van der Waals surface area contributed by atoms with Gasteiger partial charge in [0.2, 0.25) is 0 Å². The normalized spacial score (nSPS) is 11.8. The van der Waals surface area contributed by atoms with Gasteiger partial charge in [0.05, 0.1) is 30.5 Å². The van der Waals surface area contributed by atoms with Gasteiger partial charge in [-0.3, -0.25) is 9.59 Å². The van der Waals surface area contributed by atoms with Gasteiger partial charge in [-0.15, -0.1) is 0 Å². The van der Waals surface area contributed by atoms with E-state index >= 15 is 0 Å². The maximum Gasteiger partial charge on any atom is 0.310 e. The van der Waals surface area contributed by atoms with Crippen molar-refractivity contribution in [3.63, 3.8) is 0 Å². The highest BCUT2D eigenvalue weighted by molar-refractivity contribution is 6.29. The summed E-state index contributed by atoms with van der Waals surface area (Å²) in [7, 11) is 2.89. The van der Waals surface area contributed by atoms with Crippen molar-refractivity contribution in [1.82, 2.24) is 9.88 Å². The molecule has 19 heavy (non-hydrogen) atoms. The number of pyridine rings is 1. The zero-order chi connectivity index (χ0) is 14.6. The first-order chi connectivity index (χ1) is 8.86. The van der Waals surface area contributed by atoms with E-state index in [-0.39, 0.29) is 34.8 Å². The number of halogens is 1. The summed E-state index contributed by atoms with van der Waals surface area (Å²) in [5, 5.41) is 0.187. The van der Waals surface area contributed by atoms with E-state index in [0.717, 1.165) is 0 Å². The summed E-state index contributed by atoms with van der Waals surface area (Å²) in [6.07, 6.45) is 1.33. The Kier molecular flexibility index (Phi) is 5.11. The van der Waals surface area contributed by atoms with Crippen LogP contribution in [-0.4, -0.2) is 42.5 Å². The minimum atomic E-state index is -0.419. The van der Waals surface area contributed by atoms with Crippen molar-refractivity contribution in [3.05, 3.63) is 23.0 Å². The summed E-state index contributed by atoms with van der Waals surface area (Å²) in [5.74, 6) is -1.12. The molecule has 1 aromatic rings. The Bertz CT molecular complexity index is 493. The zero-order valence-electron chi connectivity index (χ0n) is 11.0. The number of aromatic nitrogens is 1. The monoisotopic (exact) mass is 285 g/mol. The molecule has 1 rings (SSSR count). The Morgan fingerprint density at radius 1 is 1.58 bits per heavy atom. The van der Waals surface area contributed by atoms with Crippen LogP contribution in [-0.2, 0) is 9.53 Å². The van der Waals surface area contributed by atoms with E-state index in [4.69, 9.17) is 17.3 Å². The number of methoxy groups -OCH3 is 1. The molecule has 0 fully saturated rings. The fourth-order valence-corrected chi connectivity index (χ4v) is 1.76. The number of rotatable bonds is 4. The van der Waals surface area contributed by atoms with Gasteiger partial charge in [-0.05, 0) is 6.07 Å². The van der Waals surface area contributed by atoms with Gasteiger partial charge in [0.15, 0.2) is 0 Å². The molecule has 0 aliphatic heterocycles. The van der Waals surface area contributed by atoms with Crippen LogP contribution in [0.25, 0.3) is 0 Å². The lowest BCUT2D eigenvalue weighted by molar-refractivity contribution is -0.145. The van der Waals surface area contributed by atoms with Crippen LogP contribution in [0.2, 0.25) is 5.15 Å². The van der Waals surface area contributed by atoms with Gasteiger partial charge in [-0.1, -0.05) is 18.5 Å². The Balaban J connectivity index is 2.82. The number of anilines is 1. The molecule has 7 heteroatoms. The summed E-state index contributed by atoms with van der Waals surface area (Å²) in [6, 6.07) is 1.40. The molecular weight excluding hydrogens is 270 g/mol. The highest BCUT2D eigenvalue weighted by Gasteiger charge is 2.21. The third-order valence-electron chi connectivity index (χ3n) is 2.63. The average molecular weight is 286 g/mol. The number of esters is 1.